The van der Waals surface area contributed by atoms with E-state index in [-0.39, 0.29) is 18.3 Å². The van der Waals surface area contributed by atoms with Crippen LogP contribution in [0.15, 0.2) is 30.5 Å². The molecule has 0 spiro atoms. The van der Waals surface area contributed by atoms with Crippen molar-refractivity contribution >= 4 is 16.9 Å². The Morgan fingerprint density at radius 1 is 1.34 bits per heavy atom. The monoisotopic (exact) mass is 398 g/mol. The first-order chi connectivity index (χ1) is 13.9. The standard InChI is InChI=1S/C21H27FN6O/c1-13(2)10-21(12-29)11-28(9-7-16(21)23)17-6-5-15(22)19(25-17)18-14-4-3-8-24-20(14)27-26-18/h3-6,8,13,16,29H,7,9-12,23H2,1-2H3,(H,24,26,27). The van der Waals surface area contributed by atoms with Gasteiger partial charge in [0.2, 0.25) is 0 Å². The Morgan fingerprint density at radius 2 is 2.17 bits per heavy atom. The average Bonchev–Trinajstić information content (AvgIpc) is 3.14. The van der Waals surface area contributed by atoms with E-state index in [0.29, 0.717) is 36.2 Å². The largest absolute Gasteiger partial charge is 0.396 e. The summed E-state index contributed by atoms with van der Waals surface area (Å²) in [5, 5.41) is 18.0. The van der Waals surface area contributed by atoms with E-state index in [4.69, 9.17) is 5.73 Å². The van der Waals surface area contributed by atoms with Gasteiger partial charge in [0.1, 0.15) is 17.2 Å². The van der Waals surface area contributed by atoms with Crippen LogP contribution in [0, 0.1) is 17.2 Å². The molecule has 154 valence electrons. The van der Waals surface area contributed by atoms with E-state index in [1.807, 2.05) is 6.07 Å². The van der Waals surface area contributed by atoms with E-state index < -0.39 is 11.2 Å². The predicted octanol–water partition coefficient (Wildman–Crippen LogP) is 2.72. The summed E-state index contributed by atoms with van der Waals surface area (Å²) in [7, 11) is 0. The maximum Gasteiger partial charge on any atom is 0.155 e. The molecular weight excluding hydrogens is 371 g/mol. The van der Waals surface area contributed by atoms with Crippen LogP contribution in [0.5, 0.6) is 0 Å². The van der Waals surface area contributed by atoms with Crippen LogP contribution in [0.2, 0.25) is 0 Å². The van der Waals surface area contributed by atoms with Gasteiger partial charge in [-0.25, -0.2) is 14.4 Å². The summed E-state index contributed by atoms with van der Waals surface area (Å²) in [4.78, 5) is 10.9. The van der Waals surface area contributed by atoms with Crippen molar-refractivity contribution in [3.8, 4) is 11.4 Å². The Morgan fingerprint density at radius 3 is 2.93 bits per heavy atom. The molecule has 2 unspecified atom stereocenters. The van der Waals surface area contributed by atoms with Crippen LogP contribution >= 0.6 is 0 Å². The zero-order valence-corrected chi connectivity index (χ0v) is 16.8. The summed E-state index contributed by atoms with van der Waals surface area (Å²) in [6.07, 6.45) is 3.23. The molecule has 8 heteroatoms. The average molecular weight is 398 g/mol. The first-order valence-electron chi connectivity index (χ1n) is 10.0. The number of fused-ring (bicyclic) bond motifs is 1. The number of nitrogens with zero attached hydrogens (tertiary/aromatic N) is 4. The zero-order valence-electron chi connectivity index (χ0n) is 16.8. The summed E-state index contributed by atoms with van der Waals surface area (Å²) in [5.41, 5.74) is 7.24. The molecular formula is C21H27FN6O. The molecule has 1 aliphatic rings. The van der Waals surface area contributed by atoms with Crippen molar-refractivity contribution in [2.75, 3.05) is 24.6 Å². The Hall–Kier alpha value is -2.58. The number of aromatic amines is 1. The van der Waals surface area contributed by atoms with E-state index in [2.05, 4.69) is 38.9 Å². The van der Waals surface area contributed by atoms with Crippen molar-refractivity contribution in [3.05, 3.63) is 36.3 Å². The molecule has 7 nitrogen and oxygen atoms in total. The highest BCUT2D eigenvalue weighted by Crippen LogP contribution is 2.37. The summed E-state index contributed by atoms with van der Waals surface area (Å²) in [5.74, 6) is 0.637. The normalized spacial score (nSPS) is 22.6. The lowest BCUT2D eigenvalue weighted by Gasteiger charge is -2.47. The highest BCUT2D eigenvalue weighted by molar-refractivity contribution is 5.89. The quantitative estimate of drug-likeness (QED) is 0.610. The highest BCUT2D eigenvalue weighted by atomic mass is 19.1. The zero-order chi connectivity index (χ0) is 20.6. The number of hydrogen-bond donors (Lipinski definition) is 3. The SMILES string of the molecule is CC(C)CC1(CO)CN(c2ccc(F)c(-c3n[nH]c4ncccc34)n2)CCC1N. The van der Waals surface area contributed by atoms with Crippen LogP contribution < -0.4 is 10.6 Å². The number of halogens is 1. The first kappa shape index (κ1) is 19.7. The molecule has 3 aromatic heterocycles. The maximum atomic E-state index is 14.7. The Bertz CT molecular complexity index is 1010. The molecule has 4 N–H and O–H groups in total. The van der Waals surface area contributed by atoms with Crippen LogP contribution in [-0.2, 0) is 0 Å². The van der Waals surface area contributed by atoms with E-state index in [1.165, 1.54) is 6.07 Å². The van der Waals surface area contributed by atoms with Gasteiger partial charge < -0.3 is 15.7 Å². The predicted molar refractivity (Wildman–Crippen MR) is 111 cm³/mol. The van der Waals surface area contributed by atoms with Crippen molar-refractivity contribution in [2.24, 2.45) is 17.1 Å². The number of rotatable bonds is 5. The number of piperidine rings is 1. The minimum Gasteiger partial charge on any atom is -0.396 e. The molecule has 1 saturated heterocycles. The molecule has 4 rings (SSSR count). The Labute approximate surface area is 169 Å². The van der Waals surface area contributed by atoms with Crippen molar-refractivity contribution in [1.82, 2.24) is 20.2 Å². The molecule has 4 heterocycles. The fraction of sp³-hybridized carbons (Fsp3) is 0.476. The second kappa shape index (κ2) is 7.68. The van der Waals surface area contributed by atoms with Gasteiger partial charge in [0.25, 0.3) is 0 Å². The third-order valence-electron chi connectivity index (χ3n) is 5.85. The minimum absolute atomic E-state index is 0.0204. The fourth-order valence-corrected chi connectivity index (χ4v) is 4.44. The number of aliphatic hydroxyl groups is 1. The second-order valence-corrected chi connectivity index (χ2v) is 8.41. The first-order valence-corrected chi connectivity index (χ1v) is 10.0. The van der Waals surface area contributed by atoms with Crippen LogP contribution in [0.4, 0.5) is 10.2 Å². The van der Waals surface area contributed by atoms with Crippen molar-refractivity contribution < 1.29 is 9.50 Å². The third-order valence-corrected chi connectivity index (χ3v) is 5.85. The van der Waals surface area contributed by atoms with Crippen LogP contribution in [0.25, 0.3) is 22.4 Å². The molecule has 29 heavy (non-hydrogen) atoms. The van der Waals surface area contributed by atoms with Crippen LogP contribution in [0.1, 0.15) is 26.7 Å². The van der Waals surface area contributed by atoms with Crippen LogP contribution in [0.3, 0.4) is 0 Å². The fourth-order valence-electron chi connectivity index (χ4n) is 4.44. The molecule has 0 bridgehead atoms. The number of nitrogens with two attached hydrogens (primary N) is 1. The molecule has 2 atom stereocenters. The van der Waals surface area contributed by atoms with E-state index in [0.717, 1.165) is 18.2 Å². The number of pyridine rings is 2. The second-order valence-electron chi connectivity index (χ2n) is 8.41. The smallest absolute Gasteiger partial charge is 0.155 e. The summed E-state index contributed by atoms with van der Waals surface area (Å²) in [6, 6.07) is 6.66. The van der Waals surface area contributed by atoms with Gasteiger partial charge in [-0.3, -0.25) is 5.10 Å². The van der Waals surface area contributed by atoms with E-state index >= 15 is 0 Å². The van der Waals surface area contributed by atoms with Crippen LogP contribution in [-0.4, -0.2) is 51.0 Å². The maximum absolute atomic E-state index is 14.7. The molecule has 0 radical (unpaired) electrons. The molecule has 1 fully saturated rings. The van der Waals surface area contributed by atoms with Crippen molar-refractivity contribution in [2.45, 2.75) is 32.7 Å². The van der Waals surface area contributed by atoms with Gasteiger partial charge in [-0.2, -0.15) is 5.10 Å². The molecule has 3 aromatic rings. The van der Waals surface area contributed by atoms with Gasteiger partial charge in [-0.1, -0.05) is 13.8 Å². The van der Waals surface area contributed by atoms with Gasteiger partial charge >= 0.3 is 0 Å². The third kappa shape index (κ3) is 3.58. The lowest BCUT2D eigenvalue weighted by atomic mass is 9.71. The molecule has 1 aliphatic heterocycles. The highest BCUT2D eigenvalue weighted by Gasteiger charge is 2.42. The van der Waals surface area contributed by atoms with E-state index in [1.54, 1.807) is 18.3 Å². The molecule has 0 aromatic carbocycles. The minimum atomic E-state index is -0.435. The van der Waals surface area contributed by atoms with Gasteiger partial charge in [0, 0.05) is 36.1 Å². The van der Waals surface area contributed by atoms with Gasteiger partial charge in [-0.05, 0) is 43.0 Å². The number of hydrogen-bond acceptors (Lipinski definition) is 6. The number of aliphatic hydroxyl groups excluding tert-OH is 1. The lowest BCUT2D eigenvalue weighted by molar-refractivity contribution is 0.0635. The number of aromatic nitrogens is 4. The van der Waals surface area contributed by atoms with E-state index in [9.17, 15) is 9.50 Å². The summed E-state index contributed by atoms with van der Waals surface area (Å²) < 4.78 is 14.7. The Balaban J connectivity index is 1.70. The molecule has 0 amide bonds. The summed E-state index contributed by atoms with van der Waals surface area (Å²) >= 11 is 0. The Kier molecular flexibility index (Phi) is 5.23. The summed E-state index contributed by atoms with van der Waals surface area (Å²) in [6.45, 7) is 5.58. The topological polar surface area (TPSA) is 104 Å². The number of H-pyrrole nitrogens is 1. The number of nitrogens with one attached hydrogen (secondary N) is 1. The van der Waals surface area contributed by atoms with Gasteiger partial charge in [-0.15, -0.1) is 0 Å². The lowest BCUT2D eigenvalue weighted by Crippen LogP contribution is -2.58. The molecule has 0 saturated carbocycles. The van der Waals surface area contributed by atoms with Gasteiger partial charge in [0.15, 0.2) is 11.5 Å². The van der Waals surface area contributed by atoms with Crippen molar-refractivity contribution in [1.29, 1.82) is 0 Å². The molecule has 0 aliphatic carbocycles. The van der Waals surface area contributed by atoms with Gasteiger partial charge in [0.05, 0.1) is 6.61 Å². The van der Waals surface area contributed by atoms with Crippen molar-refractivity contribution in [3.63, 3.8) is 0 Å². The number of anilines is 1.